The Morgan fingerprint density at radius 1 is 1.18 bits per heavy atom. The second kappa shape index (κ2) is 5.91. The van der Waals surface area contributed by atoms with Crippen molar-refractivity contribution in [2.75, 3.05) is 18.0 Å². The molecule has 1 aromatic heterocycles. The van der Waals surface area contributed by atoms with Crippen LogP contribution in [0.15, 0.2) is 12.3 Å². The van der Waals surface area contributed by atoms with Crippen LogP contribution >= 0.6 is 12.2 Å². The van der Waals surface area contributed by atoms with Crippen molar-refractivity contribution in [1.82, 2.24) is 9.97 Å². The molecule has 2 rings (SSSR count). The van der Waals surface area contributed by atoms with E-state index >= 15 is 0 Å². The lowest BCUT2D eigenvalue weighted by atomic mass is 10.1. The van der Waals surface area contributed by atoms with E-state index in [-0.39, 0.29) is 0 Å². The van der Waals surface area contributed by atoms with Gasteiger partial charge in [0.2, 0.25) is 5.95 Å². The minimum Gasteiger partial charge on any atom is -0.388 e. The molecule has 5 heteroatoms. The molecule has 0 bridgehead atoms. The zero-order chi connectivity index (χ0) is 12.1. The first-order chi connectivity index (χ1) is 8.27. The fraction of sp³-hybridized carbons (Fsp3) is 0.583. The van der Waals surface area contributed by atoms with Gasteiger partial charge < -0.3 is 10.6 Å². The average molecular weight is 250 g/mol. The summed E-state index contributed by atoms with van der Waals surface area (Å²) in [7, 11) is 0. The first-order valence-electron chi connectivity index (χ1n) is 6.15. The highest BCUT2D eigenvalue weighted by molar-refractivity contribution is 7.80. The van der Waals surface area contributed by atoms with Crippen LogP contribution in [-0.4, -0.2) is 28.0 Å². The molecule has 4 nitrogen and oxygen atoms in total. The Bertz CT molecular complexity index is 386. The molecule has 0 spiro atoms. The van der Waals surface area contributed by atoms with Gasteiger partial charge in [-0.1, -0.05) is 31.5 Å². The molecule has 1 fully saturated rings. The van der Waals surface area contributed by atoms with Crippen LogP contribution in [0.1, 0.15) is 37.8 Å². The highest BCUT2D eigenvalue weighted by Crippen LogP contribution is 2.15. The second-order valence-corrected chi connectivity index (χ2v) is 4.80. The van der Waals surface area contributed by atoms with Gasteiger partial charge in [0.05, 0.1) is 0 Å². The largest absolute Gasteiger partial charge is 0.388 e. The molecule has 0 aromatic carbocycles. The van der Waals surface area contributed by atoms with E-state index in [9.17, 15) is 0 Å². The highest BCUT2D eigenvalue weighted by Gasteiger charge is 2.12. The molecular weight excluding hydrogens is 232 g/mol. The molecule has 1 aliphatic rings. The van der Waals surface area contributed by atoms with Gasteiger partial charge in [0, 0.05) is 19.3 Å². The summed E-state index contributed by atoms with van der Waals surface area (Å²) >= 11 is 4.94. The predicted molar refractivity (Wildman–Crippen MR) is 73.2 cm³/mol. The molecule has 1 aromatic rings. The summed E-state index contributed by atoms with van der Waals surface area (Å²) in [4.78, 5) is 11.3. The third-order valence-corrected chi connectivity index (χ3v) is 3.24. The molecular formula is C12H18N4S. The van der Waals surface area contributed by atoms with E-state index < -0.39 is 0 Å². The Morgan fingerprint density at radius 2 is 1.82 bits per heavy atom. The third kappa shape index (κ3) is 3.36. The number of nitrogens with two attached hydrogens (primary N) is 1. The lowest BCUT2D eigenvalue weighted by molar-refractivity contribution is 0.550. The smallest absolute Gasteiger partial charge is 0.225 e. The van der Waals surface area contributed by atoms with Gasteiger partial charge in [0.1, 0.15) is 10.7 Å². The zero-order valence-corrected chi connectivity index (χ0v) is 10.7. The number of rotatable bonds is 2. The molecule has 0 saturated carbocycles. The van der Waals surface area contributed by atoms with Crippen molar-refractivity contribution in [1.29, 1.82) is 0 Å². The van der Waals surface area contributed by atoms with Crippen molar-refractivity contribution >= 4 is 23.2 Å². The van der Waals surface area contributed by atoms with Crippen LogP contribution in [-0.2, 0) is 0 Å². The summed E-state index contributed by atoms with van der Waals surface area (Å²) in [6.07, 6.45) is 8.09. The van der Waals surface area contributed by atoms with Crippen LogP contribution in [0.4, 0.5) is 5.95 Å². The molecule has 2 heterocycles. The Labute approximate surface area is 107 Å². The second-order valence-electron chi connectivity index (χ2n) is 4.36. The van der Waals surface area contributed by atoms with Crippen molar-refractivity contribution in [2.45, 2.75) is 32.1 Å². The van der Waals surface area contributed by atoms with Crippen molar-refractivity contribution < 1.29 is 0 Å². The van der Waals surface area contributed by atoms with Gasteiger partial charge in [0.25, 0.3) is 0 Å². The quantitative estimate of drug-likeness (QED) is 0.812. The van der Waals surface area contributed by atoms with Gasteiger partial charge in [-0.25, -0.2) is 9.97 Å². The van der Waals surface area contributed by atoms with E-state index in [1.165, 1.54) is 32.1 Å². The van der Waals surface area contributed by atoms with Gasteiger partial charge in [-0.2, -0.15) is 0 Å². The van der Waals surface area contributed by atoms with Gasteiger partial charge >= 0.3 is 0 Å². The van der Waals surface area contributed by atoms with E-state index in [4.69, 9.17) is 18.0 Å². The molecule has 17 heavy (non-hydrogen) atoms. The molecule has 0 radical (unpaired) electrons. The first-order valence-corrected chi connectivity index (χ1v) is 6.56. The lowest BCUT2D eigenvalue weighted by Crippen LogP contribution is -2.29. The summed E-state index contributed by atoms with van der Waals surface area (Å²) in [5.41, 5.74) is 6.25. The normalized spacial score (nSPS) is 17.3. The van der Waals surface area contributed by atoms with Gasteiger partial charge in [-0.15, -0.1) is 0 Å². The van der Waals surface area contributed by atoms with Crippen molar-refractivity contribution in [2.24, 2.45) is 5.73 Å². The third-order valence-electron chi connectivity index (χ3n) is 3.03. The molecule has 0 amide bonds. The van der Waals surface area contributed by atoms with Crippen LogP contribution in [0.5, 0.6) is 0 Å². The Morgan fingerprint density at radius 3 is 2.47 bits per heavy atom. The Balaban J connectivity index is 2.13. The fourth-order valence-corrected chi connectivity index (χ4v) is 2.20. The molecule has 92 valence electrons. The van der Waals surface area contributed by atoms with Crippen LogP contribution in [0.3, 0.4) is 0 Å². The Kier molecular flexibility index (Phi) is 4.25. The van der Waals surface area contributed by atoms with E-state index in [1.54, 1.807) is 12.3 Å². The maximum absolute atomic E-state index is 5.59. The van der Waals surface area contributed by atoms with E-state index in [0.29, 0.717) is 10.7 Å². The summed E-state index contributed by atoms with van der Waals surface area (Å²) in [6.45, 7) is 2.06. The lowest BCUT2D eigenvalue weighted by Gasteiger charge is -2.24. The van der Waals surface area contributed by atoms with Gasteiger partial charge in [-0.3, -0.25) is 0 Å². The van der Waals surface area contributed by atoms with E-state index in [1.807, 2.05) is 0 Å². The topological polar surface area (TPSA) is 55.0 Å². The molecule has 2 N–H and O–H groups in total. The number of hydrogen-bond acceptors (Lipinski definition) is 4. The van der Waals surface area contributed by atoms with Crippen LogP contribution < -0.4 is 10.6 Å². The summed E-state index contributed by atoms with van der Waals surface area (Å²) < 4.78 is 0. The van der Waals surface area contributed by atoms with Crippen molar-refractivity contribution in [3.63, 3.8) is 0 Å². The summed E-state index contributed by atoms with van der Waals surface area (Å²) in [5, 5.41) is 0. The van der Waals surface area contributed by atoms with Gasteiger partial charge in [0.15, 0.2) is 0 Å². The van der Waals surface area contributed by atoms with Gasteiger partial charge in [-0.05, 0) is 18.9 Å². The van der Waals surface area contributed by atoms with Crippen LogP contribution in [0.2, 0.25) is 0 Å². The predicted octanol–water partition coefficient (Wildman–Crippen LogP) is 1.88. The molecule has 1 saturated heterocycles. The number of aromatic nitrogens is 2. The zero-order valence-electron chi connectivity index (χ0n) is 9.93. The number of hydrogen-bond donors (Lipinski definition) is 1. The number of anilines is 1. The number of nitrogens with zero attached hydrogens (tertiary/aromatic N) is 3. The monoisotopic (exact) mass is 250 g/mol. The SMILES string of the molecule is NC(=S)c1ccnc(N2CCCCCCC2)n1. The van der Waals surface area contributed by atoms with Crippen molar-refractivity contribution in [3.05, 3.63) is 18.0 Å². The molecule has 1 aliphatic heterocycles. The molecule has 0 unspecified atom stereocenters. The van der Waals surface area contributed by atoms with Crippen molar-refractivity contribution in [3.8, 4) is 0 Å². The van der Waals surface area contributed by atoms with Crippen LogP contribution in [0.25, 0.3) is 0 Å². The maximum atomic E-state index is 5.59. The number of thiocarbonyl (C=S) groups is 1. The maximum Gasteiger partial charge on any atom is 0.225 e. The average Bonchev–Trinajstić information content (AvgIpc) is 2.28. The van der Waals surface area contributed by atoms with E-state index in [2.05, 4.69) is 14.9 Å². The highest BCUT2D eigenvalue weighted by atomic mass is 32.1. The molecule has 0 aliphatic carbocycles. The fourth-order valence-electron chi connectivity index (χ4n) is 2.09. The standard InChI is InChI=1S/C12H18N4S/c13-11(17)10-6-7-14-12(15-10)16-8-4-2-1-3-5-9-16/h6-7H,1-5,8-9H2,(H2,13,17). The Hall–Kier alpha value is -1.23. The minimum absolute atomic E-state index is 0.334. The van der Waals surface area contributed by atoms with Crippen LogP contribution in [0, 0.1) is 0 Å². The molecule has 0 atom stereocenters. The van der Waals surface area contributed by atoms with E-state index in [0.717, 1.165) is 19.0 Å². The minimum atomic E-state index is 0.334. The summed E-state index contributed by atoms with van der Waals surface area (Å²) in [6, 6.07) is 1.76. The summed E-state index contributed by atoms with van der Waals surface area (Å²) in [5.74, 6) is 0.761. The first kappa shape index (κ1) is 12.2.